The molecule has 7 heteroatoms. The minimum absolute atomic E-state index is 0.172. The predicted octanol–water partition coefficient (Wildman–Crippen LogP) is 3.41. The molecule has 0 saturated heterocycles. The smallest absolute Gasteiger partial charge is 0.267 e. The van der Waals surface area contributed by atoms with E-state index in [9.17, 15) is 4.79 Å². The molecule has 3 heterocycles. The van der Waals surface area contributed by atoms with Crippen LogP contribution in [-0.4, -0.2) is 15.9 Å². The van der Waals surface area contributed by atoms with Crippen LogP contribution in [0.15, 0.2) is 35.8 Å². The van der Waals surface area contributed by atoms with Gasteiger partial charge in [-0.1, -0.05) is 17.4 Å². The highest BCUT2D eigenvalue weighted by Gasteiger charge is 2.15. The molecule has 21 heavy (non-hydrogen) atoms. The van der Waals surface area contributed by atoms with Gasteiger partial charge in [0, 0.05) is 6.20 Å². The average molecular weight is 316 g/mol. The van der Waals surface area contributed by atoms with Crippen molar-refractivity contribution in [3.05, 3.63) is 46.3 Å². The third-order valence-electron chi connectivity index (χ3n) is 2.74. The Kier molecular flexibility index (Phi) is 3.68. The minimum Gasteiger partial charge on any atom is -0.389 e. The fourth-order valence-corrected chi connectivity index (χ4v) is 3.31. The molecule has 0 bridgehead atoms. The van der Waals surface area contributed by atoms with Crippen LogP contribution in [0.5, 0.6) is 0 Å². The summed E-state index contributed by atoms with van der Waals surface area (Å²) in [5, 5.41) is 5.72. The molecule has 0 aliphatic rings. The van der Waals surface area contributed by atoms with Crippen LogP contribution in [0.25, 0.3) is 11.4 Å². The van der Waals surface area contributed by atoms with Crippen molar-refractivity contribution in [2.45, 2.75) is 6.92 Å². The van der Waals surface area contributed by atoms with Gasteiger partial charge in [-0.2, -0.15) is 0 Å². The van der Waals surface area contributed by atoms with Crippen LogP contribution in [0.4, 0.5) is 10.1 Å². The Labute approximate surface area is 129 Å². The molecule has 0 radical (unpaired) electrons. The first-order valence-electron chi connectivity index (χ1n) is 6.17. The maximum atomic E-state index is 12.1. The summed E-state index contributed by atoms with van der Waals surface area (Å²) in [6, 6.07) is 7.37. The van der Waals surface area contributed by atoms with Gasteiger partial charge in [0.15, 0.2) is 5.13 Å². The summed E-state index contributed by atoms with van der Waals surface area (Å²) in [4.78, 5) is 21.3. The van der Waals surface area contributed by atoms with Crippen LogP contribution in [0.3, 0.4) is 0 Å². The van der Waals surface area contributed by atoms with Crippen molar-refractivity contribution in [1.82, 2.24) is 9.97 Å². The first-order chi connectivity index (χ1) is 10.1. The standard InChI is InChI=1S/C14H12N4OS2/c1-8-6-10(20-7-8)13(19)18-14-17-11(12(15)21-14)9-4-2-3-5-16-9/h2-7H,15H2,1H3,(H,17,18,19). The molecule has 1 amide bonds. The number of pyridine rings is 1. The van der Waals surface area contributed by atoms with Crippen molar-refractivity contribution >= 4 is 38.7 Å². The van der Waals surface area contributed by atoms with Crippen molar-refractivity contribution in [1.29, 1.82) is 0 Å². The first kappa shape index (κ1) is 13.7. The van der Waals surface area contributed by atoms with Crippen molar-refractivity contribution in [3.63, 3.8) is 0 Å². The molecule has 3 rings (SSSR count). The van der Waals surface area contributed by atoms with E-state index in [1.54, 1.807) is 6.20 Å². The maximum Gasteiger partial charge on any atom is 0.267 e. The van der Waals surface area contributed by atoms with E-state index in [0.29, 0.717) is 26.4 Å². The second-order valence-corrected chi connectivity index (χ2v) is 6.33. The highest BCUT2D eigenvalue weighted by molar-refractivity contribution is 7.20. The zero-order valence-corrected chi connectivity index (χ0v) is 12.8. The topological polar surface area (TPSA) is 80.9 Å². The highest BCUT2D eigenvalue weighted by atomic mass is 32.1. The summed E-state index contributed by atoms with van der Waals surface area (Å²) in [5.41, 5.74) is 8.32. The number of thiazole rings is 1. The number of carbonyl (C=O) groups is 1. The van der Waals surface area contributed by atoms with Crippen molar-refractivity contribution in [3.8, 4) is 11.4 Å². The third-order valence-corrected chi connectivity index (χ3v) is 4.58. The van der Waals surface area contributed by atoms with Crippen LogP contribution in [0.1, 0.15) is 15.2 Å². The lowest BCUT2D eigenvalue weighted by Crippen LogP contribution is -2.09. The lowest BCUT2D eigenvalue weighted by molar-refractivity contribution is 0.103. The summed E-state index contributed by atoms with van der Waals surface area (Å²) in [7, 11) is 0. The number of thiophene rings is 1. The van der Waals surface area contributed by atoms with Gasteiger partial charge in [-0.15, -0.1) is 11.3 Å². The Morgan fingerprint density at radius 3 is 2.90 bits per heavy atom. The molecule has 3 N–H and O–H groups in total. The molecule has 0 unspecified atom stereocenters. The number of hydrogen-bond acceptors (Lipinski definition) is 6. The number of nitrogens with one attached hydrogen (secondary N) is 1. The van der Waals surface area contributed by atoms with E-state index < -0.39 is 0 Å². The Morgan fingerprint density at radius 2 is 2.24 bits per heavy atom. The van der Waals surface area contributed by atoms with Crippen LogP contribution in [0, 0.1) is 6.92 Å². The number of hydrogen-bond donors (Lipinski definition) is 2. The minimum atomic E-state index is -0.172. The van der Waals surface area contributed by atoms with Gasteiger partial charge in [0.1, 0.15) is 10.7 Å². The van der Waals surface area contributed by atoms with Gasteiger partial charge in [0.2, 0.25) is 0 Å². The van der Waals surface area contributed by atoms with E-state index in [1.165, 1.54) is 22.7 Å². The van der Waals surface area contributed by atoms with Gasteiger partial charge in [0.05, 0.1) is 10.6 Å². The number of nitrogen functional groups attached to an aromatic ring is 1. The molecule has 5 nitrogen and oxygen atoms in total. The molecule has 0 aliphatic carbocycles. The van der Waals surface area contributed by atoms with E-state index in [-0.39, 0.29) is 5.91 Å². The van der Waals surface area contributed by atoms with E-state index in [0.717, 1.165) is 5.56 Å². The first-order valence-corrected chi connectivity index (χ1v) is 7.87. The molecular weight excluding hydrogens is 304 g/mol. The molecule has 0 fully saturated rings. The van der Waals surface area contributed by atoms with Gasteiger partial charge in [0.25, 0.3) is 5.91 Å². The fourth-order valence-electron chi connectivity index (χ4n) is 1.78. The van der Waals surface area contributed by atoms with Crippen molar-refractivity contribution < 1.29 is 4.79 Å². The summed E-state index contributed by atoms with van der Waals surface area (Å²) >= 11 is 2.64. The molecular formula is C14H12N4OS2. The van der Waals surface area contributed by atoms with Gasteiger partial charge < -0.3 is 5.73 Å². The summed E-state index contributed by atoms with van der Waals surface area (Å²) in [6.45, 7) is 1.95. The Bertz CT molecular complexity index is 779. The number of anilines is 2. The van der Waals surface area contributed by atoms with E-state index in [2.05, 4.69) is 15.3 Å². The monoisotopic (exact) mass is 316 g/mol. The maximum absolute atomic E-state index is 12.1. The van der Waals surface area contributed by atoms with Gasteiger partial charge >= 0.3 is 0 Å². The molecule has 0 aromatic carbocycles. The molecule has 106 valence electrons. The summed E-state index contributed by atoms with van der Waals surface area (Å²) in [5.74, 6) is -0.172. The molecule has 0 saturated carbocycles. The van der Waals surface area contributed by atoms with Crippen LogP contribution in [0.2, 0.25) is 0 Å². The lowest BCUT2D eigenvalue weighted by Gasteiger charge is -1.98. The van der Waals surface area contributed by atoms with E-state index >= 15 is 0 Å². The molecule has 0 aliphatic heterocycles. The zero-order chi connectivity index (χ0) is 14.8. The highest BCUT2D eigenvalue weighted by Crippen LogP contribution is 2.32. The van der Waals surface area contributed by atoms with Crippen LogP contribution in [-0.2, 0) is 0 Å². The Morgan fingerprint density at radius 1 is 1.38 bits per heavy atom. The number of aromatic nitrogens is 2. The summed E-state index contributed by atoms with van der Waals surface area (Å²) in [6.07, 6.45) is 1.68. The molecule has 3 aromatic heterocycles. The fraction of sp³-hybridized carbons (Fsp3) is 0.0714. The van der Waals surface area contributed by atoms with Crippen molar-refractivity contribution in [2.24, 2.45) is 0 Å². The quantitative estimate of drug-likeness (QED) is 0.776. The molecule has 3 aromatic rings. The average Bonchev–Trinajstić information content (AvgIpc) is 3.06. The van der Waals surface area contributed by atoms with Crippen molar-refractivity contribution in [2.75, 3.05) is 11.1 Å². The SMILES string of the molecule is Cc1csc(C(=O)Nc2nc(-c3ccccn3)c(N)s2)c1. The second kappa shape index (κ2) is 5.63. The number of amides is 1. The van der Waals surface area contributed by atoms with Crippen LogP contribution < -0.4 is 11.1 Å². The Balaban J connectivity index is 1.83. The lowest BCUT2D eigenvalue weighted by atomic mass is 10.3. The second-order valence-electron chi connectivity index (χ2n) is 4.39. The van der Waals surface area contributed by atoms with E-state index in [4.69, 9.17) is 5.73 Å². The third kappa shape index (κ3) is 2.93. The molecule has 0 atom stereocenters. The van der Waals surface area contributed by atoms with Gasteiger partial charge in [-0.05, 0) is 36.1 Å². The van der Waals surface area contributed by atoms with Gasteiger partial charge in [-0.25, -0.2) is 4.98 Å². The number of nitrogens with zero attached hydrogens (tertiary/aromatic N) is 2. The zero-order valence-electron chi connectivity index (χ0n) is 11.2. The summed E-state index contributed by atoms with van der Waals surface area (Å²) < 4.78 is 0. The largest absolute Gasteiger partial charge is 0.389 e. The normalized spacial score (nSPS) is 10.5. The number of carbonyl (C=O) groups excluding carboxylic acids is 1. The number of aryl methyl sites for hydroxylation is 1. The predicted molar refractivity (Wildman–Crippen MR) is 86.8 cm³/mol. The van der Waals surface area contributed by atoms with Crippen LogP contribution >= 0.6 is 22.7 Å². The van der Waals surface area contributed by atoms with Gasteiger partial charge in [-0.3, -0.25) is 15.1 Å². The van der Waals surface area contributed by atoms with E-state index in [1.807, 2.05) is 36.6 Å². The Hall–Kier alpha value is -2.25. The number of nitrogens with two attached hydrogens (primary N) is 1. The molecule has 0 spiro atoms. The number of rotatable bonds is 3.